The lowest BCUT2D eigenvalue weighted by Crippen LogP contribution is -2.39. The maximum atomic E-state index is 13.2. The maximum Gasteiger partial charge on any atom is 0.328 e. The second-order valence-corrected chi connectivity index (χ2v) is 8.36. The Balaban J connectivity index is 1.63. The molecule has 10 heteroatoms. The van der Waals surface area contributed by atoms with E-state index in [1.54, 1.807) is 24.3 Å². The summed E-state index contributed by atoms with van der Waals surface area (Å²) in [7, 11) is 1.47. The van der Waals surface area contributed by atoms with Crippen LogP contribution in [0.5, 0.6) is 5.75 Å². The van der Waals surface area contributed by atoms with Crippen LogP contribution < -0.4 is 20.8 Å². The van der Waals surface area contributed by atoms with Crippen molar-refractivity contribution in [2.24, 2.45) is 0 Å². The predicted molar refractivity (Wildman–Crippen MR) is 136 cm³/mol. The third-order valence-corrected chi connectivity index (χ3v) is 5.51. The third kappa shape index (κ3) is 5.56. The van der Waals surface area contributed by atoms with Crippen LogP contribution in [0.1, 0.15) is 16.1 Å². The number of carbonyl (C=O) groups is 3. The molecule has 0 saturated heterocycles. The van der Waals surface area contributed by atoms with Crippen molar-refractivity contribution >= 4 is 57.5 Å². The van der Waals surface area contributed by atoms with E-state index in [2.05, 4.69) is 16.1 Å². The molecule has 3 aromatic carbocycles. The molecule has 4 aromatic rings. The van der Waals surface area contributed by atoms with Gasteiger partial charge in [0.2, 0.25) is 0 Å². The molecule has 0 radical (unpaired) electrons. The molecule has 0 spiro atoms. The molecule has 1 heterocycles. The van der Waals surface area contributed by atoms with Crippen LogP contribution in [0.15, 0.2) is 72.8 Å². The molecular weight excluding hydrogens is 491 g/mol. The number of anilines is 1. The van der Waals surface area contributed by atoms with Gasteiger partial charge in [0.1, 0.15) is 17.0 Å². The lowest BCUT2D eigenvalue weighted by molar-refractivity contribution is -0.136. The van der Waals surface area contributed by atoms with E-state index in [1.165, 1.54) is 30.0 Å². The van der Waals surface area contributed by atoms with Gasteiger partial charge in [-0.25, -0.2) is 4.68 Å². The average Bonchev–Trinajstić information content (AvgIpc) is 3.21. The van der Waals surface area contributed by atoms with E-state index in [4.69, 9.17) is 27.9 Å². The Labute approximate surface area is 210 Å². The van der Waals surface area contributed by atoms with Gasteiger partial charge in [0.25, 0.3) is 5.91 Å². The highest BCUT2D eigenvalue weighted by Crippen LogP contribution is 2.29. The second-order valence-electron chi connectivity index (χ2n) is 7.48. The number of carbonyl (C=O) groups excluding carboxylic acids is 3. The highest BCUT2D eigenvalue weighted by molar-refractivity contribution is 6.38. The van der Waals surface area contributed by atoms with Crippen LogP contribution in [0.4, 0.5) is 5.69 Å². The number of hydrogen-bond donors (Lipinski definition) is 3. The fourth-order valence-corrected chi connectivity index (χ4v) is 4.03. The first kappa shape index (κ1) is 24.1. The fourth-order valence-electron chi connectivity index (χ4n) is 3.51. The molecule has 0 fully saturated rings. The Morgan fingerprint density at radius 3 is 2.29 bits per heavy atom. The molecule has 1 aromatic heterocycles. The summed E-state index contributed by atoms with van der Waals surface area (Å²) in [4.78, 5) is 38.4. The zero-order valence-corrected chi connectivity index (χ0v) is 20.0. The molecule has 0 unspecified atom stereocenters. The lowest BCUT2D eigenvalue weighted by atomic mass is 10.2. The van der Waals surface area contributed by atoms with E-state index in [1.807, 2.05) is 30.3 Å². The summed E-state index contributed by atoms with van der Waals surface area (Å²) in [5.41, 5.74) is 4.18. The molecule has 3 N–H and O–H groups in total. The zero-order valence-electron chi connectivity index (χ0n) is 18.5. The number of hydrogen-bond acceptors (Lipinski definition) is 4. The number of aromatic nitrogens is 1. The first-order valence-corrected chi connectivity index (χ1v) is 11.2. The van der Waals surface area contributed by atoms with E-state index in [9.17, 15) is 14.4 Å². The van der Waals surface area contributed by atoms with Crippen LogP contribution in [-0.4, -0.2) is 29.5 Å². The summed E-state index contributed by atoms with van der Waals surface area (Å²) in [6.07, 6.45) is 0. The van der Waals surface area contributed by atoms with Gasteiger partial charge in [-0.1, -0.05) is 65.7 Å². The number of benzene rings is 3. The number of rotatable bonds is 6. The van der Waals surface area contributed by atoms with Crippen LogP contribution >= 0.6 is 23.2 Å². The molecular formula is C25H20Cl2N4O4. The van der Waals surface area contributed by atoms with E-state index < -0.39 is 17.7 Å². The number of nitrogens with zero attached hydrogens (tertiary/aromatic N) is 1. The van der Waals surface area contributed by atoms with Gasteiger partial charge < -0.3 is 15.4 Å². The summed E-state index contributed by atoms with van der Waals surface area (Å²) in [6, 6.07) is 20.5. The summed E-state index contributed by atoms with van der Waals surface area (Å²) >= 11 is 12.1. The van der Waals surface area contributed by atoms with E-state index in [0.717, 1.165) is 5.56 Å². The van der Waals surface area contributed by atoms with Crippen molar-refractivity contribution in [1.29, 1.82) is 0 Å². The predicted octanol–water partition coefficient (Wildman–Crippen LogP) is 4.60. The first-order valence-electron chi connectivity index (χ1n) is 10.4. The molecule has 0 saturated carbocycles. The summed E-state index contributed by atoms with van der Waals surface area (Å²) in [6.45, 7) is 0.172. The molecule has 178 valence electrons. The SMILES string of the molecule is COc1cccc2cc(C(=O)Nc3cc(Cl)cc(Cl)c3)n(NC(=O)C(=O)NCc3ccccc3)c12. The minimum Gasteiger partial charge on any atom is -0.494 e. The van der Waals surface area contributed by atoms with Gasteiger partial charge in [-0.3, -0.25) is 19.8 Å². The number of halogens is 2. The van der Waals surface area contributed by atoms with Gasteiger partial charge >= 0.3 is 11.8 Å². The monoisotopic (exact) mass is 510 g/mol. The zero-order chi connectivity index (χ0) is 24.9. The Hall–Kier alpha value is -4.01. The van der Waals surface area contributed by atoms with Crippen LogP contribution in [0.3, 0.4) is 0 Å². The highest BCUT2D eigenvalue weighted by Gasteiger charge is 2.23. The second kappa shape index (κ2) is 10.5. The number of methoxy groups -OCH3 is 1. The van der Waals surface area contributed by atoms with Gasteiger partial charge in [-0.05, 0) is 35.9 Å². The van der Waals surface area contributed by atoms with Crippen LogP contribution in [-0.2, 0) is 16.1 Å². The van der Waals surface area contributed by atoms with E-state index >= 15 is 0 Å². The Bertz CT molecular complexity index is 1400. The van der Waals surface area contributed by atoms with E-state index in [0.29, 0.717) is 32.4 Å². The lowest BCUT2D eigenvalue weighted by Gasteiger charge is -2.14. The Morgan fingerprint density at radius 1 is 0.886 bits per heavy atom. The normalized spacial score (nSPS) is 10.6. The van der Waals surface area contributed by atoms with Gasteiger partial charge in [0.15, 0.2) is 0 Å². The summed E-state index contributed by atoms with van der Waals surface area (Å²) in [5, 5.41) is 6.58. The largest absolute Gasteiger partial charge is 0.494 e. The summed E-state index contributed by atoms with van der Waals surface area (Å²) in [5.74, 6) is -1.98. The Morgan fingerprint density at radius 2 is 1.60 bits per heavy atom. The standard InChI is InChI=1S/C25H20Cl2N4O4/c1-35-21-9-5-8-16-10-20(23(32)29-19-12-17(26)11-18(27)13-19)31(22(16)21)30-25(34)24(33)28-14-15-6-3-2-4-7-15/h2-13H,14H2,1H3,(H,28,33)(H,29,32)(H,30,34). The molecule has 0 aliphatic rings. The Kier molecular flexibility index (Phi) is 7.24. The van der Waals surface area contributed by atoms with E-state index in [-0.39, 0.29) is 12.2 Å². The minimum atomic E-state index is -0.954. The molecule has 0 bridgehead atoms. The molecule has 4 rings (SSSR count). The van der Waals surface area contributed by atoms with Crippen molar-refractivity contribution in [3.8, 4) is 5.75 Å². The number of fused-ring (bicyclic) bond motifs is 1. The number of nitrogens with one attached hydrogen (secondary N) is 3. The number of amides is 3. The molecule has 0 aliphatic heterocycles. The van der Waals surface area contributed by atoms with Crippen molar-refractivity contribution in [1.82, 2.24) is 9.99 Å². The van der Waals surface area contributed by atoms with Crippen molar-refractivity contribution in [3.63, 3.8) is 0 Å². The van der Waals surface area contributed by atoms with Gasteiger partial charge in [0.05, 0.1) is 7.11 Å². The molecule has 0 aliphatic carbocycles. The van der Waals surface area contributed by atoms with Crippen LogP contribution in [0, 0.1) is 0 Å². The molecule has 35 heavy (non-hydrogen) atoms. The van der Waals surface area contributed by atoms with Crippen molar-refractivity contribution in [2.45, 2.75) is 6.54 Å². The molecule has 8 nitrogen and oxygen atoms in total. The fraction of sp³-hybridized carbons (Fsp3) is 0.0800. The smallest absolute Gasteiger partial charge is 0.328 e. The van der Waals surface area contributed by atoms with Gasteiger partial charge in [0, 0.05) is 27.7 Å². The minimum absolute atomic E-state index is 0.0600. The highest BCUT2D eigenvalue weighted by atomic mass is 35.5. The van der Waals surface area contributed by atoms with Gasteiger partial charge in [-0.15, -0.1) is 0 Å². The van der Waals surface area contributed by atoms with Crippen LogP contribution in [0.25, 0.3) is 10.9 Å². The third-order valence-electron chi connectivity index (χ3n) is 5.08. The quantitative estimate of drug-likeness (QED) is 0.330. The van der Waals surface area contributed by atoms with Gasteiger partial charge in [-0.2, -0.15) is 0 Å². The van der Waals surface area contributed by atoms with Crippen molar-refractivity contribution < 1.29 is 19.1 Å². The van der Waals surface area contributed by atoms with Crippen LogP contribution in [0.2, 0.25) is 10.0 Å². The molecule has 0 atom stereocenters. The topological polar surface area (TPSA) is 101 Å². The van der Waals surface area contributed by atoms with Crippen molar-refractivity contribution in [3.05, 3.63) is 94.1 Å². The number of ether oxygens (including phenoxy) is 1. The maximum absolute atomic E-state index is 13.2. The summed E-state index contributed by atoms with van der Waals surface area (Å²) < 4.78 is 6.64. The number of para-hydroxylation sites is 1. The molecule has 3 amide bonds. The first-order chi connectivity index (χ1) is 16.9. The van der Waals surface area contributed by atoms with Crippen molar-refractivity contribution in [2.75, 3.05) is 17.9 Å². The average molecular weight is 511 g/mol.